The summed E-state index contributed by atoms with van der Waals surface area (Å²) in [5, 5.41) is 11.0. The lowest BCUT2D eigenvalue weighted by molar-refractivity contribution is -0.117. The van der Waals surface area contributed by atoms with Crippen molar-refractivity contribution in [3.63, 3.8) is 0 Å². The third kappa shape index (κ3) is 6.16. The summed E-state index contributed by atoms with van der Waals surface area (Å²) in [6.45, 7) is 4.26. The minimum Gasteiger partial charge on any atom is -0.383 e. The van der Waals surface area contributed by atoms with E-state index in [-0.39, 0.29) is 11.9 Å². The first-order valence-corrected chi connectivity index (χ1v) is 14.8. The summed E-state index contributed by atoms with van der Waals surface area (Å²) in [4.78, 5) is 20.9. The van der Waals surface area contributed by atoms with Gasteiger partial charge in [-0.2, -0.15) is 0 Å². The molecule has 41 heavy (non-hydrogen) atoms. The van der Waals surface area contributed by atoms with Crippen LogP contribution in [0.15, 0.2) is 107 Å². The van der Waals surface area contributed by atoms with Crippen molar-refractivity contribution in [2.24, 2.45) is 10.7 Å². The molecule has 1 aliphatic heterocycles. The molecule has 0 bridgehead atoms. The normalized spacial score (nSPS) is 13.8. The van der Waals surface area contributed by atoms with Gasteiger partial charge in [0.15, 0.2) is 0 Å². The number of aliphatic imine (C=N–C) groups is 1. The molecule has 0 fully saturated rings. The van der Waals surface area contributed by atoms with Gasteiger partial charge in [-0.1, -0.05) is 60.7 Å². The Morgan fingerprint density at radius 2 is 1.85 bits per heavy atom. The highest BCUT2D eigenvalue weighted by atomic mass is 32.1. The van der Waals surface area contributed by atoms with Crippen molar-refractivity contribution in [2.45, 2.75) is 32.5 Å². The van der Waals surface area contributed by atoms with Crippen LogP contribution in [-0.4, -0.2) is 24.3 Å². The molecule has 0 radical (unpaired) electrons. The van der Waals surface area contributed by atoms with Crippen LogP contribution in [0.2, 0.25) is 0 Å². The monoisotopic (exact) mass is 559 g/mol. The van der Waals surface area contributed by atoms with Crippen molar-refractivity contribution in [3.05, 3.63) is 124 Å². The molecule has 7 heteroatoms. The van der Waals surface area contributed by atoms with E-state index in [0.717, 1.165) is 41.3 Å². The van der Waals surface area contributed by atoms with Crippen molar-refractivity contribution in [1.29, 1.82) is 0 Å². The summed E-state index contributed by atoms with van der Waals surface area (Å²) >= 11 is 1.56. The molecule has 0 spiro atoms. The quantitative estimate of drug-likeness (QED) is 0.140. The van der Waals surface area contributed by atoms with E-state index in [1.807, 2.05) is 54.8 Å². The highest BCUT2D eigenvalue weighted by molar-refractivity contribution is 7.12. The number of anilines is 2. The Labute approximate surface area is 244 Å². The zero-order chi connectivity index (χ0) is 28.2. The number of carbonyl (C=O) groups excluding carboxylic acids is 1. The van der Waals surface area contributed by atoms with Gasteiger partial charge in [-0.15, -0.1) is 11.3 Å². The second-order valence-electron chi connectivity index (χ2n) is 10.4. The highest BCUT2D eigenvalue weighted by Gasteiger charge is 2.21. The van der Waals surface area contributed by atoms with Crippen LogP contribution in [0.1, 0.15) is 28.5 Å². The standard InChI is InChI=1S/C34H33N5OS/c1-23(36-21-24-7-4-11-28(19-24)37-33(35)32-13-6-18-41-32)34(40)38-29-14-15-31-26(20-29)16-17-39(31)22-27-10-5-9-25-8-2-3-12-30(25)27/h2-15,18-20,23,36H,16-17,21-22H2,1H3,(H2,35,37)(H,38,40). The van der Waals surface area contributed by atoms with Crippen molar-refractivity contribution >= 4 is 50.9 Å². The molecular formula is C34H33N5OS. The maximum absolute atomic E-state index is 13.0. The smallest absolute Gasteiger partial charge is 0.241 e. The molecule has 1 unspecified atom stereocenters. The molecule has 1 atom stereocenters. The van der Waals surface area contributed by atoms with Gasteiger partial charge in [0.1, 0.15) is 5.84 Å². The van der Waals surface area contributed by atoms with E-state index < -0.39 is 0 Å². The molecule has 0 saturated heterocycles. The van der Waals surface area contributed by atoms with Crippen LogP contribution in [-0.2, 0) is 24.3 Å². The van der Waals surface area contributed by atoms with Gasteiger partial charge in [-0.25, -0.2) is 4.99 Å². The van der Waals surface area contributed by atoms with Gasteiger partial charge >= 0.3 is 0 Å². The zero-order valence-electron chi connectivity index (χ0n) is 23.0. The van der Waals surface area contributed by atoms with Crippen LogP contribution in [0.5, 0.6) is 0 Å². The van der Waals surface area contributed by atoms with Gasteiger partial charge in [0.05, 0.1) is 16.6 Å². The number of rotatable bonds is 9. The Kier molecular flexibility index (Phi) is 7.80. The molecule has 4 N–H and O–H groups in total. The number of nitrogens with two attached hydrogens (primary N) is 1. The minimum atomic E-state index is -0.366. The summed E-state index contributed by atoms with van der Waals surface area (Å²) in [5.41, 5.74) is 12.6. The van der Waals surface area contributed by atoms with E-state index in [0.29, 0.717) is 12.4 Å². The number of hydrogen-bond acceptors (Lipinski definition) is 5. The van der Waals surface area contributed by atoms with Gasteiger partial charge in [-0.3, -0.25) is 4.79 Å². The molecule has 206 valence electrons. The molecule has 4 aromatic carbocycles. The van der Waals surface area contributed by atoms with Crippen molar-refractivity contribution in [1.82, 2.24) is 5.32 Å². The zero-order valence-corrected chi connectivity index (χ0v) is 23.8. The van der Waals surface area contributed by atoms with Gasteiger partial charge < -0.3 is 21.3 Å². The lowest BCUT2D eigenvalue weighted by atomic mass is 10.0. The number of carbonyl (C=O) groups is 1. The fraction of sp³-hybridized carbons (Fsp3) is 0.176. The number of nitrogens with one attached hydrogen (secondary N) is 2. The van der Waals surface area contributed by atoms with Crippen molar-refractivity contribution in [3.8, 4) is 0 Å². The second kappa shape index (κ2) is 12.0. The maximum Gasteiger partial charge on any atom is 0.241 e. The predicted molar refractivity (Wildman–Crippen MR) is 171 cm³/mol. The predicted octanol–water partition coefficient (Wildman–Crippen LogP) is 6.62. The Balaban J connectivity index is 1.05. The maximum atomic E-state index is 13.0. The number of thiophene rings is 1. The van der Waals surface area contributed by atoms with Gasteiger partial charge in [-0.05, 0) is 82.6 Å². The number of amidine groups is 1. The largest absolute Gasteiger partial charge is 0.383 e. The fourth-order valence-corrected chi connectivity index (χ4v) is 5.94. The van der Waals surface area contributed by atoms with Gasteiger partial charge in [0.2, 0.25) is 5.91 Å². The summed E-state index contributed by atoms with van der Waals surface area (Å²) in [5.74, 6) is 0.440. The van der Waals surface area contributed by atoms with Gasteiger partial charge in [0.25, 0.3) is 0 Å². The van der Waals surface area contributed by atoms with E-state index in [1.165, 1.54) is 27.6 Å². The first kappa shape index (κ1) is 26.7. The molecule has 0 saturated carbocycles. The number of benzene rings is 4. The van der Waals surface area contributed by atoms with E-state index in [4.69, 9.17) is 5.73 Å². The first-order chi connectivity index (χ1) is 20.0. The van der Waals surface area contributed by atoms with Gasteiger partial charge in [0, 0.05) is 31.0 Å². The Bertz CT molecular complexity index is 1710. The summed E-state index contributed by atoms with van der Waals surface area (Å²) in [7, 11) is 0. The molecular weight excluding hydrogens is 526 g/mol. The molecule has 1 aromatic heterocycles. The summed E-state index contributed by atoms with van der Waals surface area (Å²) < 4.78 is 0. The van der Waals surface area contributed by atoms with E-state index in [2.05, 4.69) is 75.1 Å². The Hall–Kier alpha value is -4.46. The molecule has 6 rings (SSSR count). The lowest BCUT2D eigenvalue weighted by Crippen LogP contribution is -2.37. The number of fused-ring (bicyclic) bond motifs is 2. The van der Waals surface area contributed by atoms with Crippen molar-refractivity contribution < 1.29 is 4.79 Å². The van der Waals surface area contributed by atoms with E-state index in [9.17, 15) is 4.79 Å². The SMILES string of the molecule is CC(NCc1cccc(N=C(N)c2cccs2)c1)C(=O)Nc1ccc2c(c1)CCN2Cc1cccc2ccccc12. The average Bonchev–Trinajstić information content (AvgIpc) is 3.67. The number of hydrogen-bond donors (Lipinski definition) is 3. The molecule has 2 heterocycles. The van der Waals surface area contributed by atoms with Crippen LogP contribution in [0.3, 0.4) is 0 Å². The number of nitrogens with zero attached hydrogens (tertiary/aromatic N) is 2. The van der Waals surface area contributed by atoms with Crippen LogP contribution >= 0.6 is 11.3 Å². The first-order valence-electron chi connectivity index (χ1n) is 13.9. The Morgan fingerprint density at radius 3 is 2.73 bits per heavy atom. The van der Waals surface area contributed by atoms with Crippen molar-refractivity contribution in [2.75, 3.05) is 16.8 Å². The van der Waals surface area contributed by atoms with Crippen LogP contribution in [0.25, 0.3) is 10.8 Å². The summed E-state index contributed by atoms with van der Waals surface area (Å²) in [6.07, 6.45) is 0.966. The third-order valence-electron chi connectivity index (χ3n) is 7.52. The lowest BCUT2D eigenvalue weighted by Gasteiger charge is -2.21. The molecule has 5 aromatic rings. The van der Waals surface area contributed by atoms with E-state index >= 15 is 0 Å². The molecule has 6 nitrogen and oxygen atoms in total. The van der Waals surface area contributed by atoms with Crippen LogP contribution in [0.4, 0.5) is 17.1 Å². The highest BCUT2D eigenvalue weighted by Crippen LogP contribution is 2.33. The fourth-order valence-electron chi connectivity index (χ4n) is 5.32. The molecule has 1 amide bonds. The second-order valence-corrected chi connectivity index (χ2v) is 11.3. The molecule has 1 aliphatic rings. The van der Waals surface area contributed by atoms with E-state index in [1.54, 1.807) is 11.3 Å². The van der Waals surface area contributed by atoms with Crippen LogP contribution < -0.4 is 21.3 Å². The molecule has 0 aliphatic carbocycles. The van der Waals surface area contributed by atoms with Crippen LogP contribution in [0, 0.1) is 0 Å². The minimum absolute atomic E-state index is 0.0633. The number of amides is 1. The topological polar surface area (TPSA) is 82.7 Å². The average molecular weight is 560 g/mol. The summed E-state index contributed by atoms with van der Waals surface area (Å²) in [6, 6.07) is 32.7. The Morgan fingerprint density at radius 1 is 1.00 bits per heavy atom. The third-order valence-corrected chi connectivity index (χ3v) is 8.41.